The first-order valence-electron chi connectivity index (χ1n) is 8.96. The predicted molar refractivity (Wildman–Crippen MR) is 124 cm³/mol. The van der Waals surface area contributed by atoms with E-state index in [2.05, 4.69) is 107 Å². The van der Waals surface area contributed by atoms with Crippen LogP contribution in [-0.2, 0) is 0 Å². The van der Waals surface area contributed by atoms with Crippen LogP contribution in [0.25, 0.3) is 10.9 Å². The van der Waals surface area contributed by atoms with Crippen molar-refractivity contribution < 1.29 is 0 Å². The van der Waals surface area contributed by atoms with Crippen molar-refractivity contribution in [1.82, 2.24) is 0 Å². The summed E-state index contributed by atoms with van der Waals surface area (Å²) in [5.74, 6) is 0.390. The maximum atomic E-state index is 3.01. The minimum absolute atomic E-state index is 0. The normalized spacial score (nSPS) is 12.7. The van der Waals surface area contributed by atoms with E-state index in [0.29, 0.717) is 5.92 Å². The second-order valence-corrected chi connectivity index (χ2v) is 6.89. The average molecular weight is 425 g/mol. The van der Waals surface area contributed by atoms with Crippen molar-refractivity contribution in [3.05, 3.63) is 108 Å². The first-order chi connectivity index (χ1) is 12.3. The highest BCUT2D eigenvalue weighted by atomic mass is 79.9. The highest BCUT2D eigenvalue weighted by molar-refractivity contribution is 8.93. The third kappa shape index (κ3) is 4.93. The Bertz CT molecular complexity index is 811. The lowest BCUT2D eigenvalue weighted by Gasteiger charge is -2.24. The standard InChI is InChI=1S/C24H25P.BrH/c1-2-12-22(19-13-6-3-7-14-19)23(20-15-8-4-9-16-20)24(25)21-17-10-5-11-18-21;/h3-11,13-18,22H,2,12,25H2,1H3;1H. The van der Waals surface area contributed by atoms with Gasteiger partial charge in [-0.3, -0.25) is 0 Å². The molecule has 0 fully saturated rings. The third-order valence-corrected chi connectivity index (χ3v) is 5.23. The number of hydrogen-bond acceptors (Lipinski definition) is 0. The summed E-state index contributed by atoms with van der Waals surface area (Å²) < 4.78 is 0. The molecule has 2 heteroatoms. The molecule has 134 valence electrons. The Kier molecular flexibility index (Phi) is 8.29. The highest BCUT2D eigenvalue weighted by Crippen LogP contribution is 2.43. The van der Waals surface area contributed by atoms with E-state index in [1.807, 2.05) is 0 Å². The fourth-order valence-corrected chi connectivity index (χ4v) is 3.95. The summed E-state index contributed by atoms with van der Waals surface area (Å²) in [6, 6.07) is 32.4. The van der Waals surface area contributed by atoms with Crippen LogP contribution < -0.4 is 0 Å². The van der Waals surface area contributed by atoms with Crippen molar-refractivity contribution >= 4 is 37.1 Å². The molecule has 3 aromatic rings. The van der Waals surface area contributed by atoms with Gasteiger partial charge < -0.3 is 0 Å². The van der Waals surface area contributed by atoms with Gasteiger partial charge in [0, 0.05) is 5.92 Å². The van der Waals surface area contributed by atoms with Crippen LogP contribution in [0.5, 0.6) is 0 Å². The third-order valence-electron chi connectivity index (χ3n) is 4.59. The van der Waals surface area contributed by atoms with Crippen LogP contribution >= 0.6 is 26.2 Å². The molecule has 0 aromatic heterocycles. The zero-order valence-electron chi connectivity index (χ0n) is 15.1. The quantitative estimate of drug-likeness (QED) is 0.282. The minimum Gasteiger partial charge on any atom is -0.114 e. The molecule has 0 aliphatic carbocycles. The molecule has 2 atom stereocenters. The Hall–Kier alpha value is -1.69. The second kappa shape index (κ2) is 10.5. The van der Waals surface area contributed by atoms with E-state index in [1.54, 1.807) is 0 Å². The summed E-state index contributed by atoms with van der Waals surface area (Å²) in [6.45, 7) is 2.27. The zero-order chi connectivity index (χ0) is 17.5. The Morgan fingerprint density at radius 3 is 1.69 bits per heavy atom. The Morgan fingerprint density at radius 2 is 1.19 bits per heavy atom. The molecule has 0 saturated heterocycles. The van der Waals surface area contributed by atoms with E-state index >= 15 is 0 Å². The molecule has 0 saturated carbocycles. The van der Waals surface area contributed by atoms with Gasteiger partial charge in [-0.05, 0) is 34.0 Å². The van der Waals surface area contributed by atoms with E-state index < -0.39 is 0 Å². The topological polar surface area (TPSA) is 0 Å². The van der Waals surface area contributed by atoms with Gasteiger partial charge in [-0.25, -0.2) is 0 Å². The molecule has 0 radical (unpaired) electrons. The van der Waals surface area contributed by atoms with Gasteiger partial charge in [0.1, 0.15) is 0 Å². The van der Waals surface area contributed by atoms with Crippen molar-refractivity contribution in [3.8, 4) is 0 Å². The molecule has 0 nitrogen and oxygen atoms in total. The van der Waals surface area contributed by atoms with E-state index in [-0.39, 0.29) is 17.0 Å². The first-order valence-corrected chi connectivity index (χ1v) is 9.54. The van der Waals surface area contributed by atoms with Gasteiger partial charge in [-0.2, -0.15) is 0 Å². The lowest BCUT2D eigenvalue weighted by atomic mass is 9.82. The molecule has 0 amide bonds. The van der Waals surface area contributed by atoms with Gasteiger partial charge in [-0.15, -0.1) is 26.2 Å². The van der Waals surface area contributed by atoms with Crippen LogP contribution in [-0.4, -0.2) is 0 Å². The molecule has 3 rings (SSSR count). The Morgan fingerprint density at radius 1 is 0.731 bits per heavy atom. The molecule has 0 aliphatic heterocycles. The molecular formula is C24H26BrP. The molecular weight excluding hydrogens is 399 g/mol. The Labute approximate surface area is 170 Å². The van der Waals surface area contributed by atoms with Gasteiger partial charge >= 0.3 is 0 Å². The molecule has 0 heterocycles. The van der Waals surface area contributed by atoms with Gasteiger partial charge in [-0.1, -0.05) is 104 Å². The monoisotopic (exact) mass is 424 g/mol. The highest BCUT2D eigenvalue weighted by Gasteiger charge is 2.20. The summed E-state index contributed by atoms with van der Waals surface area (Å²) >= 11 is 0. The largest absolute Gasteiger partial charge is 0.114 e. The van der Waals surface area contributed by atoms with Crippen LogP contribution in [0.4, 0.5) is 0 Å². The number of rotatable bonds is 6. The fourth-order valence-electron chi connectivity index (χ4n) is 3.39. The Balaban J connectivity index is 0.00000243. The number of hydrogen-bond donors (Lipinski definition) is 0. The molecule has 3 aromatic carbocycles. The van der Waals surface area contributed by atoms with Crippen LogP contribution in [0.15, 0.2) is 91.0 Å². The number of allylic oxidation sites excluding steroid dienone is 1. The fraction of sp³-hybridized carbons (Fsp3) is 0.167. The minimum atomic E-state index is 0. The van der Waals surface area contributed by atoms with E-state index in [9.17, 15) is 0 Å². The summed E-state index contributed by atoms with van der Waals surface area (Å²) in [5, 5.41) is 1.29. The molecule has 0 spiro atoms. The summed E-state index contributed by atoms with van der Waals surface area (Å²) in [5.41, 5.74) is 5.37. The van der Waals surface area contributed by atoms with Gasteiger partial charge in [0.2, 0.25) is 0 Å². The van der Waals surface area contributed by atoms with Crippen molar-refractivity contribution in [1.29, 1.82) is 0 Å². The van der Waals surface area contributed by atoms with E-state index in [4.69, 9.17) is 0 Å². The lowest BCUT2D eigenvalue weighted by Crippen LogP contribution is -2.04. The van der Waals surface area contributed by atoms with Crippen LogP contribution in [0.1, 0.15) is 42.4 Å². The molecule has 0 N–H and O–H groups in total. The summed E-state index contributed by atoms with van der Waals surface area (Å²) in [7, 11) is 3.01. The van der Waals surface area contributed by atoms with Crippen molar-refractivity contribution in [2.24, 2.45) is 0 Å². The van der Waals surface area contributed by atoms with Crippen LogP contribution in [0, 0.1) is 0 Å². The summed E-state index contributed by atoms with van der Waals surface area (Å²) in [6.07, 6.45) is 2.29. The van der Waals surface area contributed by atoms with Gasteiger partial charge in [0.05, 0.1) is 0 Å². The average Bonchev–Trinajstić information content (AvgIpc) is 2.69. The maximum absolute atomic E-state index is 3.01. The lowest BCUT2D eigenvalue weighted by molar-refractivity contribution is 0.731. The van der Waals surface area contributed by atoms with E-state index in [1.165, 1.54) is 27.6 Å². The van der Waals surface area contributed by atoms with Crippen LogP contribution in [0.3, 0.4) is 0 Å². The molecule has 2 unspecified atom stereocenters. The van der Waals surface area contributed by atoms with Crippen molar-refractivity contribution in [2.75, 3.05) is 0 Å². The second-order valence-electron chi connectivity index (χ2n) is 6.31. The van der Waals surface area contributed by atoms with Gasteiger partial charge in [0.15, 0.2) is 0 Å². The molecule has 26 heavy (non-hydrogen) atoms. The number of benzene rings is 3. The SMILES string of the molecule is Br.CCCC(C(=C(P)c1ccccc1)c1ccccc1)c1ccccc1. The maximum Gasteiger partial charge on any atom is 0.0101 e. The van der Waals surface area contributed by atoms with Crippen molar-refractivity contribution in [3.63, 3.8) is 0 Å². The van der Waals surface area contributed by atoms with Crippen molar-refractivity contribution in [2.45, 2.75) is 25.7 Å². The predicted octanol–water partition coefficient (Wildman–Crippen LogP) is 7.59. The molecule has 0 aliphatic rings. The first kappa shape index (κ1) is 20.6. The van der Waals surface area contributed by atoms with Gasteiger partial charge in [0.25, 0.3) is 0 Å². The number of halogens is 1. The van der Waals surface area contributed by atoms with E-state index in [0.717, 1.165) is 12.8 Å². The van der Waals surface area contributed by atoms with Crippen LogP contribution in [0.2, 0.25) is 0 Å². The smallest absolute Gasteiger partial charge is 0.0101 e. The molecule has 0 bridgehead atoms. The summed E-state index contributed by atoms with van der Waals surface area (Å²) in [4.78, 5) is 0. The zero-order valence-corrected chi connectivity index (χ0v) is 18.0.